The first kappa shape index (κ1) is 19.4. The number of anilines is 1. The Balaban J connectivity index is 2.14. The summed E-state index contributed by atoms with van der Waals surface area (Å²) in [5, 5.41) is 7.61. The van der Waals surface area contributed by atoms with E-state index < -0.39 is 10.8 Å². The number of aromatic nitrogens is 1. The average molecular weight is 367 g/mol. The van der Waals surface area contributed by atoms with Crippen LogP contribution in [-0.2, 0) is 24.5 Å². The fourth-order valence-electron chi connectivity index (χ4n) is 2.60. The molecular formula is C17H25N3O4S. The highest BCUT2D eigenvalue weighted by atomic mass is 32.1. The van der Waals surface area contributed by atoms with Crippen molar-refractivity contribution in [3.8, 4) is 0 Å². The van der Waals surface area contributed by atoms with Crippen molar-refractivity contribution in [1.29, 1.82) is 0 Å². The maximum atomic E-state index is 12.7. The second-order valence-corrected chi connectivity index (χ2v) is 7.74. The van der Waals surface area contributed by atoms with Crippen molar-refractivity contribution in [2.75, 3.05) is 18.5 Å². The Morgan fingerprint density at radius 3 is 2.84 bits per heavy atom. The number of ether oxygens (including phenoxy) is 1. The van der Waals surface area contributed by atoms with Gasteiger partial charge in [0.05, 0.1) is 12.3 Å². The van der Waals surface area contributed by atoms with E-state index in [1.807, 2.05) is 0 Å². The van der Waals surface area contributed by atoms with Crippen LogP contribution in [-0.4, -0.2) is 35.9 Å². The molecule has 0 aliphatic carbocycles. The zero-order valence-electron chi connectivity index (χ0n) is 15.1. The molecule has 1 aliphatic heterocycles. The third-order valence-corrected chi connectivity index (χ3v) is 5.30. The SMILES string of the molecule is CCOC(=O)C(C)(C)c1csc(NC(=O)C2(C)CCCCNC2=O)n1. The predicted molar refractivity (Wildman–Crippen MR) is 95.4 cm³/mol. The highest BCUT2D eigenvalue weighted by Gasteiger charge is 2.42. The van der Waals surface area contributed by atoms with Gasteiger partial charge in [0.2, 0.25) is 11.8 Å². The molecule has 0 bridgehead atoms. The van der Waals surface area contributed by atoms with Crippen LogP contribution >= 0.6 is 11.3 Å². The van der Waals surface area contributed by atoms with E-state index >= 15 is 0 Å². The molecule has 1 saturated heterocycles. The molecule has 2 N–H and O–H groups in total. The molecule has 2 rings (SSSR count). The minimum absolute atomic E-state index is 0.258. The maximum absolute atomic E-state index is 12.7. The predicted octanol–water partition coefficient (Wildman–Crippen LogP) is 2.23. The number of rotatable bonds is 5. The number of nitrogens with zero attached hydrogens (tertiary/aromatic N) is 1. The molecule has 1 fully saturated rings. The van der Waals surface area contributed by atoms with Crippen LogP contribution in [0.3, 0.4) is 0 Å². The van der Waals surface area contributed by atoms with Gasteiger partial charge in [-0.25, -0.2) is 4.98 Å². The molecule has 2 heterocycles. The summed E-state index contributed by atoms with van der Waals surface area (Å²) in [6.07, 6.45) is 2.17. The zero-order chi connectivity index (χ0) is 18.7. The minimum atomic E-state index is -1.11. The Hall–Kier alpha value is -1.96. The summed E-state index contributed by atoms with van der Waals surface area (Å²) in [6, 6.07) is 0. The van der Waals surface area contributed by atoms with Crippen molar-refractivity contribution < 1.29 is 19.1 Å². The first-order valence-electron chi connectivity index (χ1n) is 8.45. The molecule has 8 heteroatoms. The van der Waals surface area contributed by atoms with Crippen LogP contribution in [0.15, 0.2) is 5.38 Å². The number of hydrogen-bond donors (Lipinski definition) is 2. The van der Waals surface area contributed by atoms with Crippen LogP contribution in [0.5, 0.6) is 0 Å². The van der Waals surface area contributed by atoms with E-state index in [9.17, 15) is 14.4 Å². The quantitative estimate of drug-likeness (QED) is 0.614. The molecule has 1 aromatic rings. The standard InChI is InChI=1S/C17H25N3O4S/c1-5-24-14(23)16(2,3)11-10-25-15(19-11)20-13(22)17(4)8-6-7-9-18-12(17)21/h10H,5-9H2,1-4H3,(H,18,21)(H,19,20,22). The second kappa shape index (κ2) is 7.51. The number of nitrogens with one attached hydrogen (secondary N) is 2. The van der Waals surface area contributed by atoms with E-state index in [1.54, 1.807) is 33.1 Å². The molecule has 138 valence electrons. The average Bonchev–Trinajstić information content (AvgIpc) is 2.96. The lowest BCUT2D eigenvalue weighted by atomic mass is 9.84. The van der Waals surface area contributed by atoms with Gasteiger partial charge in [-0.2, -0.15) is 0 Å². The molecule has 1 aliphatic rings. The van der Waals surface area contributed by atoms with Crippen molar-refractivity contribution >= 4 is 34.3 Å². The van der Waals surface area contributed by atoms with E-state index in [2.05, 4.69) is 15.6 Å². The highest BCUT2D eigenvalue weighted by Crippen LogP contribution is 2.31. The van der Waals surface area contributed by atoms with Gasteiger partial charge in [0.1, 0.15) is 10.8 Å². The van der Waals surface area contributed by atoms with Crippen LogP contribution in [0.4, 0.5) is 5.13 Å². The summed E-state index contributed by atoms with van der Waals surface area (Å²) in [7, 11) is 0. The molecule has 0 radical (unpaired) electrons. The van der Waals surface area contributed by atoms with Gasteiger partial charge in [-0.05, 0) is 40.5 Å². The van der Waals surface area contributed by atoms with E-state index in [4.69, 9.17) is 4.74 Å². The summed E-state index contributed by atoms with van der Waals surface area (Å²) in [6.45, 7) is 7.75. The van der Waals surface area contributed by atoms with E-state index in [0.717, 1.165) is 12.8 Å². The molecule has 25 heavy (non-hydrogen) atoms. The minimum Gasteiger partial charge on any atom is -0.465 e. The van der Waals surface area contributed by atoms with Crippen LogP contribution in [0, 0.1) is 5.41 Å². The number of thiazole rings is 1. The molecule has 1 unspecified atom stereocenters. The van der Waals surface area contributed by atoms with Gasteiger partial charge in [0, 0.05) is 11.9 Å². The Morgan fingerprint density at radius 1 is 1.44 bits per heavy atom. The van der Waals surface area contributed by atoms with Gasteiger partial charge in [-0.15, -0.1) is 11.3 Å². The van der Waals surface area contributed by atoms with Gasteiger partial charge < -0.3 is 15.4 Å². The highest BCUT2D eigenvalue weighted by molar-refractivity contribution is 7.14. The van der Waals surface area contributed by atoms with Crippen molar-refractivity contribution in [2.45, 2.75) is 52.4 Å². The van der Waals surface area contributed by atoms with Crippen molar-refractivity contribution in [3.05, 3.63) is 11.1 Å². The lowest BCUT2D eigenvalue weighted by molar-refractivity contribution is -0.149. The summed E-state index contributed by atoms with van der Waals surface area (Å²) < 4.78 is 5.08. The van der Waals surface area contributed by atoms with Crippen LogP contribution in [0.1, 0.15) is 52.7 Å². The number of carbonyl (C=O) groups is 3. The lowest BCUT2D eigenvalue weighted by Crippen LogP contribution is -2.45. The van der Waals surface area contributed by atoms with Gasteiger partial charge in [-0.1, -0.05) is 6.42 Å². The molecule has 1 aromatic heterocycles. The largest absolute Gasteiger partial charge is 0.465 e. The Labute approximate surface area is 151 Å². The Bertz CT molecular complexity index is 671. The normalized spacial score (nSPS) is 21.2. The summed E-state index contributed by atoms with van der Waals surface area (Å²) >= 11 is 1.23. The topological polar surface area (TPSA) is 97.4 Å². The first-order chi connectivity index (χ1) is 11.7. The number of carbonyl (C=O) groups excluding carboxylic acids is 3. The molecule has 1 atom stereocenters. The van der Waals surface area contributed by atoms with Crippen molar-refractivity contribution in [2.24, 2.45) is 5.41 Å². The third kappa shape index (κ3) is 4.00. The molecule has 0 aromatic carbocycles. The maximum Gasteiger partial charge on any atom is 0.317 e. The van der Waals surface area contributed by atoms with Crippen LogP contribution in [0.25, 0.3) is 0 Å². The molecular weight excluding hydrogens is 342 g/mol. The van der Waals surface area contributed by atoms with Crippen molar-refractivity contribution in [1.82, 2.24) is 10.3 Å². The van der Waals surface area contributed by atoms with Crippen LogP contribution in [0.2, 0.25) is 0 Å². The number of amides is 2. The molecule has 7 nitrogen and oxygen atoms in total. The summed E-state index contributed by atoms with van der Waals surface area (Å²) in [5.41, 5.74) is -1.49. The first-order valence-corrected chi connectivity index (χ1v) is 9.32. The smallest absolute Gasteiger partial charge is 0.317 e. The van der Waals surface area contributed by atoms with Gasteiger partial charge >= 0.3 is 5.97 Å². The Kier molecular flexibility index (Phi) is 5.82. The number of hydrogen-bond acceptors (Lipinski definition) is 6. The molecule has 0 spiro atoms. The van der Waals surface area contributed by atoms with Gasteiger partial charge in [0.15, 0.2) is 5.13 Å². The molecule has 0 saturated carbocycles. The van der Waals surface area contributed by atoms with E-state index in [-0.39, 0.29) is 17.8 Å². The lowest BCUT2D eigenvalue weighted by Gasteiger charge is -2.24. The van der Waals surface area contributed by atoms with Gasteiger partial charge in [-0.3, -0.25) is 14.4 Å². The monoisotopic (exact) mass is 367 g/mol. The Morgan fingerprint density at radius 2 is 2.16 bits per heavy atom. The van der Waals surface area contributed by atoms with E-state index in [1.165, 1.54) is 11.3 Å². The third-order valence-electron chi connectivity index (χ3n) is 4.54. The van der Waals surface area contributed by atoms with E-state index in [0.29, 0.717) is 30.4 Å². The number of esters is 1. The zero-order valence-corrected chi connectivity index (χ0v) is 15.9. The van der Waals surface area contributed by atoms with Crippen LogP contribution < -0.4 is 10.6 Å². The summed E-state index contributed by atoms with van der Waals surface area (Å²) in [4.78, 5) is 41.3. The van der Waals surface area contributed by atoms with Crippen molar-refractivity contribution in [3.63, 3.8) is 0 Å². The fraction of sp³-hybridized carbons (Fsp3) is 0.647. The van der Waals surface area contributed by atoms with Gasteiger partial charge in [0.25, 0.3) is 0 Å². The molecule has 2 amide bonds. The second-order valence-electron chi connectivity index (χ2n) is 6.88. The fourth-order valence-corrected chi connectivity index (χ4v) is 3.47. The summed E-state index contributed by atoms with van der Waals surface area (Å²) in [5.74, 6) is -0.999.